The molecule has 84 valence electrons. The van der Waals surface area contributed by atoms with Crippen LogP contribution in [-0.2, 0) is 14.8 Å². The van der Waals surface area contributed by atoms with Crippen LogP contribution in [-0.4, -0.2) is 45.3 Å². The van der Waals surface area contributed by atoms with Crippen LogP contribution in [0.1, 0.15) is 19.8 Å². The van der Waals surface area contributed by atoms with Gasteiger partial charge in [-0.25, -0.2) is 12.7 Å². The predicted octanol–water partition coefficient (Wildman–Crippen LogP) is 0.694. The third-order valence-corrected chi connectivity index (χ3v) is 4.62. The van der Waals surface area contributed by atoms with E-state index in [0.29, 0.717) is 19.0 Å². The van der Waals surface area contributed by atoms with Gasteiger partial charge in [0.1, 0.15) is 0 Å². The monoisotopic (exact) mass is 221 g/mol. The molecule has 0 bridgehead atoms. The van der Waals surface area contributed by atoms with E-state index in [-0.39, 0.29) is 5.75 Å². The highest BCUT2D eigenvalue weighted by atomic mass is 32.2. The van der Waals surface area contributed by atoms with Crippen molar-refractivity contribution in [2.45, 2.75) is 19.8 Å². The number of piperidine rings is 1. The lowest BCUT2D eigenvalue weighted by molar-refractivity contribution is 0.121. The Hall–Kier alpha value is -0.130. The predicted molar refractivity (Wildman–Crippen MR) is 55.6 cm³/mol. The Morgan fingerprint density at radius 2 is 1.93 bits per heavy atom. The summed E-state index contributed by atoms with van der Waals surface area (Å²) in [6.07, 6.45) is 1.85. The number of hydrogen-bond donors (Lipinski definition) is 0. The first-order valence-electron chi connectivity index (χ1n) is 5.07. The summed E-state index contributed by atoms with van der Waals surface area (Å²) in [5, 5.41) is 0. The summed E-state index contributed by atoms with van der Waals surface area (Å²) in [7, 11) is -1.28. The molecule has 0 atom stereocenters. The van der Waals surface area contributed by atoms with Crippen LogP contribution in [0, 0.1) is 5.92 Å². The molecular weight excluding hydrogens is 202 g/mol. The Morgan fingerprint density at radius 3 is 2.36 bits per heavy atom. The van der Waals surface area contributed by atoms with Crippen molar-refractivity contribution in [3.8, 4) is 0 Å². The van der Waals surface area contributed by atoms with E-state index >= 15 is 0 Å². The maximum atomic E-state index is 11.5. The van der Waals surface area contributed by atoms with Gasteiger partial charge in [-0.1, -0.05) is 0 Å². The van der Waals surface area contributed by atoms with Crippen molar-refractivity contribution in [3.05, 3.63) is 0 Å². The second-order valence-electron chi connectivity index (χ2n) is 3.70. The van der Waals surface area contributed by atoms with Crippen LogP contribution in [0.25, 0.3) is 0 Å². The first-order valence-corrected chi connectivity index (χ1v) is 6.67. The molecule has 5 heteroatoms. The highest BCUT2D eigenvalue weighted by Gasteiger charge is 2.26. The minimum Gasteiger partial charge on any atom is -0.384 e. The fourth-order valence-electron chi connectivity index (χ4n) is 1.77. The molecule has 0 aromatic heterocycles. The van der Waals surface area contributed by atoms with Gasteiger partial charge in [-0.05, 0) is 25.7 Å². The molecule has 0 aromatic carbocycles. The molecule has 1 aliphatic rings. The number of ether oxygens (including phenoxy) is 1. The van der Waals surface area contributed by atoms with Gasteiger partial charge in [0.2, 0.25) is 10.0 Å². The summed E-state index contributed by atoms with van der Waals surface area (Å²) in [5.41, 5.74) is 0. The minimum atomic E-state index is -2.97. The zero-order chi connectivity index (χ0) is 10.6. The van der Waals surface area contributed by atoms with Crippen molar-refractivity contribution < 1.29 is 13.2 Å². The van der Waals surface area contributed by atoms with Crippen LogP contribution < -0.4 is 0 Å². The summed E-state index contributed by atoms with van der Waals surface area (Å²) < 4.78 is 29.7. The van der Waals surface area contributed by atoms with Crippen molar-refractivity contribution in [1.29, 1.82) is 0 Å². The Kier molecular flexibility index (Phi) is 4.34. The van der Waals surface area contributed by atoms with E-state index in [1.54, 1.807) is 18.3 Å². The molecular formula is C9H19NO3S. The highest BCUT2D eigenvalue weighted by molar-refractivity contribution is 7.89. The van der Waals surface area contributed by atoms with Crippen molar-refractivity contribution in [1.82, 2.24) is 4.31 Å². The Balaban J connectivity index is 2.43. The van der Waals surface area contributed by atoms with Gasteiger partial charge in [-0.15, -0.1) is 0 Å². The average Bonchev–Trinajstić information content (AvgIpc) is 2.19. The quantitative estimate of drug-likeness (QED) is 0.702. The maximum absolute atomic E-state index is 11.5. The molecule has 0 N–H and O–H groups in total. The summed E-state index contributed by atoms with van der Waals surface area (Å²) in [6.45, 7) is 3.75. The van der Waals surface area contributed by atoms with E-state index in [0.717, 1.165) is 19.4 Å². The molecule has 1 fully saturated rings. The number of sulfonamides is 1. The Labute approximate surface area is 86.3 Å². The van der Waals surface area contributed by atoms with Crippen LogP contribution in [0.15, 0.2) is 0 Å². The van der Waals surface area contributed by atoms with E-state index < -0.39 is 10.0 Å². The summed E-state index contributed by atoms with van der Waals surface area (Å²) in [5.74, 6) is 0.741. The number of hydrogen-bond acceptors (Lipinski definition) is 3. The van der Waals surface area contributed by atoms with Gasteiger partial charge in [0.05, 0.1) is 5.75 Å². The van der Waals surface area contributed by atoms with Crippen molar-refractivity contribution in [3.63, 3.8) is 0 Å². The summed E-state index contributed by atoms with van der Waals surface area (Å²) >= 11 is 0. The molecule has 1 saturated heterocycles. The lowest BCUT2D eigenvalue weighted by atomic mass is 9.99. The normalized spacial score (nSPS) is 21.3. The van der Waals surface area contributed by atoms with Gasteiger partial charge in [-0.3, -0.25) is 0 Å². The van der Waals surface area contributed by atoms with Gasteiger partial charge in [0.25, 0.3) is 0 Å². The molecule has 0 aliphatic carbocycles. The summed E-state index contributed by atoms with van der Waals surface area (Å²) in [4.78, 5) is 0. The lowest BCUT2D eigenvalue weighted by Crippen LogP contribution is -2.40. The van der Waals surface area contributed by atoms with Gasteiger partial charge >= 0.3 is 0 Å². The first-order chi connectivity index (χ1) is 6.60. The highest BCUT2D eigenvalue weighted by Crippen LogP contribution is 2.19. The third kappa shape index (κ3) is 2.93. The van der Waals surface area contributed by atoms with E-state index in [2.05, 4.69) is 0 Å². The molecule has 1 aliphatic heterocycles. The molecule has 1 rings (SSSR count). The lowest BCUT2D eigenvalue weighted by Gasteiger charge is -2.30. The molecule has 0 spiro atoms. The minimum absolute atomic E-state index is 0.210. The van der Waals surface area contributed by atoms with Crippen molar-refractivity contribution in [2.75, 3.05) is 32.6 Å². The van der Waals surface area contributed by atoms with E-state index in [1.165, 1.54) is 0 Å². The van der Waals surface area contributed by atoms with Gasteiger partial charge in [0.15, 0.2) is 0 Å². The van der Waals surface area contributed by atoms with E-state index in [9.17, 15) is 8.42 Å². The van der Waals surface area contributed by atoms with Gasteiger partial charge in [0, 0.05) is 26.8 Å². The molecule has 0 amide bonds. The largest absolute Gasteiger partial charge is 0.384 e. The van der Waals surface area contributed by atoms with Crippen LogP contribution in [0.4, 0.5) is 0 Å². The topological polar surface area (TPSA) is 46.6 Å². The number of methoxy groups -OCH3 is 1. The van der Waals surface area contributed by atoms with Gasteiger partial charge in [-0.2, -0.15) is 0 Å². The molecule has 0 unspecified atom stereocenters. The standard InChI is InChI=1S/C9H19NO3S/c1-3-14(11,12)10-6-4-9(5-7-10)8-13-2/h9H,3-8H2,1-2H3. The molecule has 4 nitrogen and oxygen atoms in total. The van der Waals surface area contributed by atoms with Crippen LogP contribution >= 0.6 is 0 Å². The van der Waals surface area contributed by atoms with Crippen LogP contribution in [0.5, 0.6) is 0 Å². The third-order valence-electron chi connectivity index (χ3n) is 2.73. The second kappa shape index (κ2) is 5.09. The second-order valence-corrected chi connectivity index (χ2v) is 5.96. The number of nitrogens with zero attached hydrogens (tertiary/aromatic N) is 1. The first kappa shape index (κ1) is 11.9. The van der Waals surface area contributed by atoms with E-state index in [4.69, 9.17) is 4.74 Å². The van der Waals surface area contributed by atoms with E-state index in [1.807, 2.05) is 0 Å². The van der Waals surface area contributed by atoms with Crippen molar-refractivity contribution >= 4 is 10.0 Å². The Morgan fingerprint density at radius 1 is 1.36 bits per heavy atom. The molecule has 1 heterocycles. The summed E-state index contributed by atoms with van der Waals surface area (Å²) in [6, 6.07) is 0. The SMILES string of the molecule is CCS(=O)(=O)N1CCC(COC)CC1. The van der Waals surface area contributed by atoms with Crippen LogP contribution in [0.3, 0.4) is 0 Å². The molecule has 0 saturated carbocycles. The molecule has 14 heavy (non-hydrogen) atoms. The number of rotatable bonds is 4. The fraction of sp³-hybridized carbons (Fsp3) is 1.00. The molecule has 0 radical (unpaired) electrons. The average molecular weight is 221 g/mol. The fourth-order valence-corrected chi connectivity index (χ4v) is 2.90. The zero-order valence-electron chi connectivity index (χ0n) is 8.90. The Bertz CT molecular complexity index is 255. The smallest absolute Gasteiger partial charge is 0.213 e. The zero-order valence-corrected chi connectivity index (χ0v) is 9.72. The van der Waals surface area contributed by atoms with Crippen LogP contribution in [0.2, 0.25) is 0 Å². The molecule has 0 aromatic rings. The maximum Gasteiger partial charge on any atom is 0.213 e. The van der Waals surface area contributed by atoms with Crippen molar-refractivity contribution in [2.24, 2.45) is 5.92 Å². The van der Waals surface area contributed by atoms with Gasteiger partial charge < -0.3 is 4.74 Å².